The molecule has 2 heterocycles. The number of hydrogen-bond acceptors (Lipinski definition) is 5. The van der Waals surface area contributed by atoms with Gasteiger partial charge < -0.3 is 4.74 Å². The van der Waals surface area contributed by atoms with E-state index >= 15 is 0 Å². The van der Waals surface area contributed by atoms with Gasteiger partial charge in [-0.3, -0.25) is 14.2 Å². The minimum Gasteiger partial charge on any atom is -0.497 e. The third-order valence-electron chi connectivity index (χ3n) is 5.02. The van der Waals surface area contributed by atoms with Gasteiger partial charge in [-0.25, -0.2) is 4.99 Å². The van der Waals surface area contributed by atoms with Crippen LogP contribution in [-0.4, -0.2) is 17.5 Å². The summed E-state index contributed by atoms with van der Waals surface area (Å²) < 4.78 is 7.35. The smallest absolute Gasteiger partial charge is 0.271 e. The third-order valence-corrected chi connectivity index (χ3v) is 6.35. The predicted octanol–water partition coefficient (Wildman–Crippen LogP) is 3.49. The molecule has 0 N–H and O–H groups in total. The highest BCUT2D eigenvalue weighted by atomic mass is 35.5. The number of Topliss-reactive ketones (excluding diaryl/α,β-unsaturated/α-hetero) is 1. The number of fused-ring (bicyclic) bond motifs is 1. The Morgan fingerprint density at radius 2 is 1.90 bits per heavy atom. The van der Waals surface area contributed by atoms with Crippen LogP contribution < -0.4 is 19.6 Å². The Hall–Kier alpha value is -2.96. The number of carbonyl (C=O) groups excluding carboxylic acids is 1. The van der Waals surface area contributed by atoms with Crippen LogP contribution in [0.1, 0.15) is 31.0 Å². The van der Waals surface area contributed by atoms with E-state index in [0.717, 1.165) is 11.1 Å². The number of thiazole rings is 1. The Labute approximate surface area is 182 Å². The van der Waals surface area contributed by atoms with Crippen molar-refractivity contribution in [3.05, 3.63) is 95.6 Å². The molecule has 5 nitrogen and oxygen atoms in total. The number of rotatable bonds is 4. The fraction of sp³-hybridized carbons (Fsp3) is 0.174. The maximum atomic E-state index is 13.4. The predicted molar refractivity (Wildman–Crippen MR) is 119 cm³/mol. The number of hydrogen-bond donors (Lipinski definition) is 0. The molecule has 0 saturated carbocycles. The second-order valence-electron chi connectivity index (χ2n) is 6.93. The highest BCUT2D eigenvalue weighted by Gasteiger charge is 2.30. The number of ether oxygens (including phenoxy) is 1. The molecule has 7 heteroatoms. The summed E-state index contributed by atoms with van der Waals surface area (Å²) in [4.78, 5) is 31.0. The fourth-order valence-corrected chi connectivity index (χ4v) is 4.83. The molecule has 0 aliphatic carbocycles. The molecule has 1 aromatic heterocycles. The van der Waals surface area contributed by atoms with Crippen LogP contribution in [0.4, 0.5) is 0 Å². The first-order valence-electron chi connectivity index (χ1n) is 9.32. The quantitative estimate of drug-likeness (QED) is 0.626. The van der Waals surface area contributed by atoms with Gasteiger partial charge in [0.2, 0.25) is 0 Å². The molecule has 3 aromatic rings. The molecule has 0 bridgehead atoms. The maximum absolute atomic E-state index is 13.4. The lowest BCUT2D eigenvalue weighted by Gasteiger charge is -2.24. The summed E-state index contributed by atoms with van der Waals surface area (Å²) in [6.45, 7) is 3.31. The number of allylic oxidation sites excluding steroid dienone is 2. The largest absolute Gasteiger partial charge is 0.497 e. The molecule has 4 rings (SSSR count). The molecule has 2 aromatic carbocycles. The molecule has 0 radical (unpaired) electrons. The van der Waals surface area contributed by atoms with E-state index in [1.54, 1.807) is 30.7 Å². The molecule has 0 spiro atoms. The molecule has 0 amide bonds. The number of benzene rings is 2. The fourth-order valence-electron chi connectivity index (χ4n) is 3.61. The highest BCUT2D eigenvalue weighted by Crippen LogP contribution is 2.31. The Morgan fingerprint density at radius 3 is 2.53 bits per heavy atom. The van der Waals surface area contributed by atoms with Gasteiger partial charge in [0, 0.05) is 16.3 Å². The van der Waals surface area contributed by atoms with Gasteiger partial charge in [-0.15, -0.1) is 0 Å². The number of halogens is 1. The Balaban J connectivity index is 1.97. The zero-order valence-electron chi connectivity index (χ0n) is 16.7. The Morgan fingerprint density at radius 1 is 1.20 bits per heavy atom. The van der Waals surface area contributed by atoms with Crippen molar-refractivity contribution in [2.24, 2.45) is 4.99 Å². The standard InChI is InChI=1S/C23H19ClN2O3S/c1-13-20(14(2)27)21(15-8-10-17(29-3)11-9-15)26-22(28)19(30-23(26)25-13)12-16-6-4-5-7-18(16)24/h4-12,21H,1-3H3/b19-12+/t21-/m1/s1. The molecule has 30 heavy (non-hydrogen) atoms. The summed E-state index contributed by atoms with van der Waals surface area (Å²) in [6, 6.07) is 14.2. The number of ketones is 1. The van der Waals surface area contributed by atoms with Gasteiger partial charge in [0.05, 0.1) is 17.7 Å². The molecule has 1 atom stereocenters. The summed E-state index contributed by atoms with van der Waals surface area (Å²) in [6.07, 6.45) is 1.77. The first-order chi connectivity index (χ1) is 14.4. The second kappa shape index (κ2) is 8.05. The van der Waals surface area contributed by atoms with E-state index < -0.39 is 6.04 Å². The van der Waals surface area contributed by atoms with E-state index in [-0.39, 0.29) is 11.3 Å². The third kappa shape index (κ3) is 3.53. The van der Waals surface area contributed by atoms with Gasteiger partial charge in [-0.05, 0) is 49.2 Å². The molecule has 0 unspecified atom stereocenters. The van der Waals surface area contributed by atoms with E-state index in [4.69, 9.17) is 16.3 Å². The molecular formula is C23H19ClN2O3S. The molecule has 1 aliphatic heterocycles. The zero-order chi connectivity index (χ0) is 21.4. The van der Waals surface area contributed by atoms with Crippen LogP contribution in [0, 0.1) is 0 Å². The van der Waals surface area contributed by atoms with E-state index in [9.17, 15) is 9.59 Å². The van der Waals surface area contributed by atoms with Gasteiger partial charge in [0.25, 0.3) is 5.56 Å². The number of aromatic nitrogens is 1. The molecule has 0 fully saturated rings. The zero-order valence-corrected chi connectivity index (χ0v) is 18.3. The van der Waals surface area contributed by atoms with Crippen LogP contribution in [0.2, 0.25) is 5.02 Å². The van der Waals surface area contributed by atoms with Gasteiger partial charge in [0.1, 0.15) is 5.75 Å². The summed E-state index contributed by atoms with van der Waals surface area (Å²) in [5.74, 6) is 0.590. The van der Waals surface area contributed by atoms with Gasteiger partial charge >= 0.3 is 0 Å². The van der Waals surface area contributed by atoms with E-state index in [0.29, 0.717) is 31.4 Å². The van der Waals surface area contributed by atoms with E-state index in [2.05, 4.69) is 4.99 Å². The van der Waals surface area contributed by atoms with Crippen LogP contribution in [0.25, 0.3) is 6.08 Å². The molecular weight excluding hydrogens is 420 g/mol. The van der Waals surface area contributed by atoms with Crippen LogP contribution in [-0.2, 0) is 4.79 Å². The lowest BCUT2D eigenvalue weighted by Crippen LogP contribution is -2.39. The van der Waals surface area contributed by atoms with Crippen molar-refractivity contribution in [2.75, 3.05) is 7.11 Å². The number of carbonyl (C=O) groups is 1. The SMILES string of the molecule is COc1ccc([C@@H]2C(C(C)=O)=C(C)N=c3s/c(=C/c4ccccc4Cl)c(=O)n32)cc1. The summed E-state index contributed by atoms with van der Waals surface area (Å²) in [5.41, 5.74) is 2.50. The minimum absolute atomic E-state index is 0.113. The summed E-state index contributed by atoms with van der Waals surface area (Å²) in [7, 11) is 1.60. The van der Waals surface area contributed by atoms with Crippen LogP contribution in [0.5, 0.6) is 5.75 Å². The Kier molecular flexibility index (Phi) is 5.45. The summed E-state index contributed by atoms with van der Waals surface area (Å²) in [5, 5.41) is 0.565. The maximum Gasteiger partial charge on any atom is 0.271 e. The lowest BCUT2D eigenvalue weighted by molar-refractivity contribution is -0.114. The van der Waals surface area contributed by atoms with Crippen molar-refractivity contribution in [1.29, 1.82) is 0 Å². The van der Waals surface area contributed by atoms with Crippen LogP contribution >= 0.6 is 22.9 Å². The molecule has 0 saturated heterocycles. The first kappa shape index (κ1) is 20.3. The van der Waals surface area contributed by atoms with Crippen molar-refractivity contribution in [2.45, 2.75) is 19.9 Å². The van der Waals surface area contributed by atoms with Gasteiger partial charge in [0.15, 0.2) is 10.6 Å². The van der Waals surface area contributed by atoms with E-state index in [1.807, 2.05) is 42.5 Å². The monoisotopic (exact) mass is 438 g/mol. The molecule has 152 valence electrons. The first-order valence-corrected chi connectivity index (χ1v) is 10.5. The molecule has 1 aliphatic rings. The van der Waals surface area contributed by atoms with E-state index in [1.165, 1.54) is 18.3 Å². The topological polar surface area (TPSA) is 60.7 Å². The average molecular weight is 439 g/mol. The second-order valence-corrected chi connectivity index (χ2v) is 8.35. The van der Waals surface area contributed by atoms with Crippen molar-refractivity contribution in [3.63, 3.8) is 0 Å². The van der Waals surface area contributed by atoms with Crippen LogP contribution in [0.15, 0.2) is 69.6 Å². The van der Waals surface area contributed by atoms with Gasteiger partial charge in [-0.1, -0.05) is 53.3 Å². The van der Waals surface area contributed by atoms with Crippen molar-refractivity contribution in [3.8, 4) is 5.75 Å². The van der Waals surface area contributed by atoms with Crippen molar-refractivity contribution in [1.82, 2.24) is 4.57 Å². The average Bonchev–Trinajstić information content (AvgIpc) is 3.03. The lowest BCUT2D eigenvalue weighted by atomic mass is 9.93. The highest BCUT2D eigenvalue weighted by molar-refractivity contribution is 7.07. The summed E-state index contributed by atoms with van der Waals surface area (Å²) >= 11 is 7.56. The minimum atomic E-state index is -0.543. The number of nitrogens with zero attached hydrogens (tertiary/aromatic N) is 2. The van der Waals surface area contributed by atoms with Crippen molar-refractivity contribution >= 4 is 34.8 Å². The number of methoxy groups -OCH3 is 1. The normalized spacial score (nSPS) is 16.3. The van der Waals surface area contributed by atoms with Crippen LogP contribution in [0.3, 0.4) is 0 Å². The van der Waals surface area contributed by atoms with Crippen molar-refractivity contribution < 1.29 is 9.53 Å². The van der Waals surface area contributed by atoms with Gasteiger partial charge in [-0.2, -0.15) is 0 Å². The Bertz CT molecular complexity index is 1350.